The summed E-state index contributed by atoms with van der Waals surface area (Å²) in [5.41, 5.74) is 11.3. The molecule has 0 aliphatic rings. The number of nitrogens with two attached hydrogens (primary N) is 1. The highest BCUT2D eigenvalue weighted by molar-refractivity contribution is 5.87. The first kappa shape index (κ1) is 24.5. The quantitative estimate of drug-likeness (QED) is 0.279. The standard InChI is InChI=1S/C26H26FN7O2/c1-16-4-6-19(7-5-16)14-34-18(3)22(17(2)33-34)12-13-24(35)36-15-23-30-25(28)32-26(31-23)29-21-10-8-20(27)9-11-21/h4-13H,14-15H2,1-3H3,(H3,28,29,30,31,32)/b13-12-. The molecule has 0 fully saturated rings. The molecule has 0 saturated carbocycles. The van der Waals surface area contributed by atoms with Crippen molar-refractivity contribution in [3.8, 4) is 0 Å². The zero-order chi connectivity index (χ0) is 25.7. The Kier molecular flexibility index (Phi) is 7.33. The van der Waals surface area contributed by atoms with Crippen LogP contribution < -0.4 is 11.1 Å². The van der Waals surface area contributed by atoms with Crippen LogP contribution in [-0.2, 0) is 22.7 Å². The molecule has 184 valence electrons. The number of hydrogen-bond donors (Lipinski definition) is 2. The second-order valence-electron chi connectivity index (χ2n) is 8.23. The summed E-state index contributed by atoms with van der Waals surface area (Å²) in [6.07, 6.45) is 3.03. The van der Waals surface area contributed by atoms with Gasteiger partial charge in [0.2, 0.25) is 11.9 Å². The highest BCUT2D eigenvalue weighted by atomic mass is 19.1. The fourth-order valence-corrected chi connectivity index (χ4v) is 3.53. The van der Waals surface area contributed by atoms with Crippen molar-refractivity contribution in [2.24, 2.45) is 0 Å². The Balaban J connectivity index is 1.38. The number of halogens is 1. The van der Waals surface area contributed by atoms with Gasteiger partial charge in [0.05, 0.1) is 12.2 Å². The van der Waals surface area contributed by atoms with E-state index in [0.29, 0.717) is 12.2 Å². The van der Waals surface area contributed by atoms with Crippen LogP contribution in [0.1, 0.15) is 33.9 Å². The number of carbonyl (C=O) groups is 1. The van der Waals surface area contributed by atoms with E-state index in [4.69, 9.17) is 10.5 Å². The second-order valence-corrected chi connectivity index (χ2v) is 8.23. The number of nitrogen functional groups attached to an aromatic ring is 1. The van der Waals surface area contributed by atoms with Crippen LogP contribution in [0.15, 0.2) is 54.6 Å². The summed E-state index contributed by atoms with van der Waals surface area (Å²) < 4.78 is 20.3. The van der Waals surface area contributed by atoms with E-state index in [-0.39, 0.29) is 30.1 Å². The molecule has 4 aromatic rings. The molecule has 4 rings (SSSR count). The fraction of sp³-hybridized carbons (Fsp3) is 0.192. The fourth-order valence-electron chi connectivity index (χ4n) is 3.53. The summed E-state index contributed by atoms with van der Waals surface area (Å²) in [7, 11) is 0. The van der Waals surface area contributed by atoms with Crippen molar-refractivity contribution in [2.75, 3.05) is 11.1 Å². The summed E-state index contributed by atoms with van der Waals surface area (Å²) in [5.74, 6) is -0.633. The Morgan fingerprint density at radius 3 is 2.50 bits per heavy atom. The van der Waals surface area contributed by atoms with Crippen molar-refractivity contribution < 1.29 is 13.9 Å². The summed E-state index contributed by atoms with van der Waals surface area (Å²) in [5, 5.41) is 7.51. The monoisotopic (exact) mass is 487 g/mol. The SMILES string of the molecule is Cc1ccc(Cn2nc(C)c(/C=C\C(=O)OCc3nc(N)nc(Nc4ccc(F)cc4)n3)c2C)cc1. The summed E-state index contributed by atoms with van der Waals surface area (Å²) in [4.78, 5) is 24.5. The average molecular weight is 488 g/mol. The number of nitrogens with zero attached hydrogens (tertiary/aromatic N) is 5. The van der Waals surface area contributed by atoms with Crippen LogP contribution in [0.25, 0.3) is 6.08 Å². The summed E-state index contributed by atoms with van der Waals surface area (Å²) in [6.45, 7) is 6.35. The summed E-state index contributed by atoms with van der Waals surface area (Å²) in [6, 6.07) is 14.0. The van der Waals surface area contributed by atoms with E-state index in [0.717, 1.165) is 22.5 Å². The molecule has 0 atom stereocenters. The number of benzene rings is 2. The maximum atomic E-state index is 13.1. The van der Waals surface area contributed by atoms with Gasteiger partial charge in [0.25, 0.3) is 0 Å². The molecule has 0 saturated heterocycles. The molecular formula is C26H26FN7O2. The van der Waals surface area contributed by atoms with Gasteiger partial charge in [-0.05, 0) is 56.7 Å². The minimum atomic E-state index is -0.563. The lowest BCUT2D eigenvalue weighted by atomic mass is 10.1. The number of nitrogens with one attached hydrogen (secondary N) is 1. The Morgan fingerprint density at radius 1 is 1.06 bits per heavy atom. The van der Waals surface area contributed by atoms with E-state index in [1.807, 2.05) is 18.5 Å². The lowest BCUT2D eigenvalue weighted by Gasteiger charge is -2.07. The molecule has 0 amide bonds. The third kappa shape index (κ3) is 6.29. The molecule has 0 spiro atoms. The smallest absolute Gasteiger partial charge is 0.331 e. The van der Waals surface area contributed by atoms with E-state index in [9.17, 15) is 9.18 Å². The van der Waals surface area contributed by atoms with Crippen molar-refractivity contribution in [1.82, 2.24) is 24.7 Å². The zero-order valence-corrected chi connectivity index (χ0v) is 20.2. The minimum Gasteiger partial charge on any atom is -0.454 e. The molecule has 0 aliphatic heterocycles. The Bertz CT molecular complexity index is 1400. The third-order valence-corrected chi connectivity index (χ3v) is 5.42. The molecule has 0 bridgehead atoms. The van der Waals surface area contributed by atoms with Gasteiger partial charge in [-0.1, -0.05) is 29.8 Å². The predicted molar refractivity (Wildman–Crippen MR) is 135 cm³/mol. The van der Waals surface area contributed by atoms with Crippen molar-refractivity contribution in [2.45, 2.75) is 33.9 Å². The summed E-state index contributed by atoms with van der Waals surface area (Å²) >= 11 is 0. The number of rotatable bonds is 8. The van der Waals surface area contributed by atoms with Crippen LogP contribution in [0.5, 0.6) is 0 Å². The maximum absolute atomic E-state index is 13.1. The molecule has 0 unspecified atom stereocenters. The number of aromatic nitrogens is 5. The van der Waals surface area contributed by atoms with Crippen molar-refractivity contribution >= 4 is 29.6 Å². The largest absolute Gasteiger partial charge is 0.454 e. The van der Waals surface area contributed by atoms with E-state index in [1.165, 1.54) is 35.9 Å². The topological polar surface area (TPSA) is 121 Å². The number of esters is 1. The van der Waals surface area contributed by atoms with Gasteiger partial charge in [-0.15, -0.1) is 0 Å². The molecule has 0 aliphatic carbocycles. The number of aryl methyl sites for hydroxylation is 2. The third-order valence-electron chi connectivity index (χ3n) is 5.42. The molecule has 36 heavy (non-hydrogen) atoms. The molecule has 2 heterocycles. The number of hydrogen-bond acceptors (Lipinski definition) is 8. The molecular weight excluding hydrogens is 461 g/mol. The van der Waals surface area contributed by atoms with Crippen molar-refractivity contribution in [1.29, 1.82) is 0 Å². The van der Waals surface area contributed by atoms with Crippen LogP contribution in [0.2, 0.25) is 0 Å². The molecule has 3 N–H and O–H groups in total. The minimum absolute atomic E-state index is 0.0385. The van der Waals surface area contributed by atoms with E-state index >= 15 is 0 Å². The Hall–Kier alpha value is -4.60. The van der Waals surface area contributed by atoms with Gasteiger partial charge in [0, 0.05) is 23.0 Å². The number of ether oxygens (including phenoxy) is 1. The van der Waals surface area contributed by atoms with Gasteiger partial charge in [0.15, 0.2) is 12.4 Å². The normalized spacial score (nSPS) is 11.1. The highest BCUT2D eigenvalue weighted by Gasteiger charge is 2.11. The first-order chi connectivity index (χ1) is 17.3. The molecule has 2 aromatic heterocycles. The average Bonchev–Trinajstić information content (AvgIpc) is 3.11. The van der Waals surface area contributed by atoms with Crippen LogP contribution in [-0.4, -0.2) is 30.7 Å². The van der Waals surface area contributed by atoms with Crippen LogP contribution in [0.3, 0.4) is 0 Å². The van der Waals surface area contributed by atoms with Gasteiger partial charge in [-0.25, -0.2) is 9.18 Å². The molecule has 0 radical (unpaired) electrons. The van der Waals surface area contributed by atoms with Crippen LogP contribution in [0, 0.1) is 26.6 Å². The first-order valence-electron chi connectivity index (χ1n) is 11.2. The van der Waals surface area contributed by atoms with Gasteiger partial charge < -0.3 is 15.8 Å². The molecule has 2 aromatic carbocycles. The van der Waals surface area contributed by atoms with E-state index < -0.39 is 5.97 Å². The predicted octanol–water partition coefficient (Wildman–Crippen LogP) is 4.26. The van der Waals surface area contributed by atoms with Gasteiger partial charge >= 0.3 is 5.97 Å². The Morgan fingerprint density at radius 2 is 1.78 bits per heavy atom. The lowest BCUT2D eigenvalue weighted by molar-refractivity contribution is -0.139. The van der Waals surface area contributed by atoms with Gasteiger partial charge in [-0.3, -0.25) is 4.68 Å². The molecule has 9 nitrogen and oxygen atoms in total. The van der Waals surface area contributed by atoms with Crippen molar-refractivity contribution in [3.05, 3.63) is 94.3 Å². The van der Waals surface area contributed by atoms with E-state index in [1.54, 1.807) is 6.08 Å². The molecule has 10 heteroatoms. The van der Waals surface area contributed by atoms with E-state index in [2.05, 4.69) is 56.6 Å². The maximum Gasteiger partial charge on any atom is 0.331 e. The van der Waals surface area contributed by atoms with Gasteiger partial charge in [0.1, 0.15) is 5.82 Å². The number of carbonyl (C=O) groups excluding carboxylic acids is 1. The number of anilines is 3. The van der Waals surface area contributed by atoms with Crippen molar-refractivity contribution in [3.63, 3.8) is 0 Å². The Labute approximate surface area is 207 Å². The zero-order valence-electron chi connectivity index (χ0n) is 20.2. The van der Waals surface area contributed by atoms with Gasteiger partial charge in [-0.2, -0.15) is 20.1 Å². The van der Waals surface area contributed by atoms with Crippen LogP contribution >= 0.6 is 0 Å². The second kappa shape index (κ2) is 10.8. The highest BCUT2D eigenvalue weighted by Crippen LogP contribution is 2.17. The first-order valence-corrected chi connectivity index (χ1v) is 11.2. The van der Waals surface area contributed by atoms with Crippen LogP contribution in [0.4, 0.5) is 22.0 Å². The lowest BCUT2D eigenvalue weighted by Crippen LogP contribution is -2.10.